The topological polar surface area (TPSA) is 46.8 Å². The zero-order valence-electron chi connectivity index (χ0n) is 15.3. The van der Waals surface area contributed by atoms with E-state index >= 15 is 0 Å². The maximum Gasteiger partial charge on any atom is 0.132 e. The van der Waals surface area contributed by atoms with Crippen LogP contribution in [0.5, 0.6) is 0 Å². The third-order valence-corrected chi connectivity index (χ3v) is 4.46. The Labute approximate surface area is 157 Å². The van der Waals surface area contributed by atoms with Gasteiger partial charge < -0.3 is 0 Å². The molecule has 0 saturated carbocycles. The normalized spacial score (nSPS) is 11.4. The molecule has 6 heteroatoms. The minimum atomic E-state index is -0.256. The first-order valence-corrected chi connectivity index (χ1v) is 8.76. The molecule has 2 aromatic heterocycles. The molecule has 0 fully saturated rings. The third kappa shape index (κ3) is 3.71. The van der Waals surface area contributed by atoms with Crippen molar-refractivity contribution in [2.75, 3.05) is 7.05 Å². The smallest absolute Gasteiger partial charge is 0.132 e. The average molecular weight is 361 g/mol. The zero-order chi connectivity index (χ0) is 18.8. The van der Waals surface area contributed by atoms with Gasteiger partial charge in [-0.15, -0.1) is 0 Å². The molecule has 0 atom stereocenters. The van der Waals surface area contributed by atoms with E-state index in [1.807, 2.05) is 32.4 Å². The summed E-state index contributed by atoms with van der Waals surface area (Å²) in [7, 11) is 3.90. The second-order valence-electron chi connectivity index (χ2n) is 6.71. The Morgan fingerprint density at radius 2 is 1.78 bits per heavy atom. The second-order valence-corrected chi connectivity index (χ2v) is 6.71. The number of rotatable bonds is 5. The fourth-order valence-electron chi connectivity index (χ4n) is 3.30. The molecule has 2 heterocycles. The van der Waals surface area contributed by atoms with E-state index in [4.69, 9.17) is 0 Å². The molecule has 0 saturated heterocycles. The van der Waals surface area contributed by atoms with Crippen molar-refractivity contribution in [1.82, 2.24) is 24.6 Å². The number of aromatic nitrogens is 4. The predicted molar refractivity (Wildman–Crippen MR) is 103 cm³/mol. The molecule has 0 bridgehead atoms. The van der Waals surface area contributed by atoms with Gasteiger partial charge in [-0.25, -0.2) is 4.39 Å². The first-order valence-electron chi connectivity index (χ1n) is 8.76. The molecule has 0 unspecified atom stereocenters. The molecule has 0 amide bonds. The van der Waals surface area contributed by atoms with Gasteiger partial charge in [0.05, 0.1) is 16.7 Å². The molecule has 0 aliphatic carbocycles. The minimum absolute atomic E-state index is 0.256. The zero-order valence-corrected chi connectivity index (χ0v) is 15.3. The van der Waals surface area contributed by atoms with Crippen LogP contribution >= 0.6 is 0 Å². The van der Waals surface area contributed by atoms with Gasteiger partial charge in [-0.3, -0.25) is 19.5 Å². The Bertz CT molecular complexity index is 1090. The van der Waals surface area contributed by atoms with Crippen LogP contribution in [-0.2, 0) is 20.1 Å². The molecular weight excluding hydrogens is 341 g/mol. The van der Waals surface area contributed by atoms with Gasteiger partial charge in [-0.2, -0.15) is 5.10 Å². The van der Waals surface area contributed by atoms with E-state index in [9.17, 15) is 4.39 Å². The highest BCUT2D eigenvalue weighted by Gasteiger charge is 2.15. The lowest BCUT2D eigenvalue weighted by Crippen LogP contribution is -2.17. The van der Waals surface area contributed by atoms with Crippen molar-refractivity contribution in [1.29, 1.82) is 0 Å². The van der Waals surface area contributed by atoms with E-state index in [0.717, 1.165) is 28.7 Å². The lowest BCUT2D eigenvalue weighted by atomic mass is 10.1. The van der Waals surface area contributed by atoms with Crippen molar-refractivity contribution in [2.24, 2.45) is 7.05 Å². The molecule has 0 aliphatic heterocycles. The highest BCUT2D eigenvalue weighted by Crippen LogP contribution is 2.26. The quantitative estimate of drug-likeness (QED) is 0.542. The summed E-state index contributed by atoms with van der Waals surface area (Å²) in [6.45, 7) is 1.41. The number of halogens is 1. The van der Waals surface area contributed by atoms with Crippen LogP contribution in [0.1, 0.15) is 11.1 Å². The molecule has 4 aromatic rings. The van der Waals surface area contributed by atoms with Crippen LogP contribution in [0, 0.1) is 5.82 Å². The predicted octanol–water partition coefficient (Wildman–Crippen LogP) is 3.80. The van der Waals surface area contributed by atoms with Crippen molar-refractivity contribution in [3.63, 3.8) is 0 Å². The largest absolute Gasteiger partial charge is 0.298 e. The van der Waals surface area contributed by atoms with Gasteiger partial charge in [-0.1, -0.05) is 18.2 Å². The molecule has 4 rings (SSSR count). The molecule has 27 heavy (non-hydrogen) atoms. The Balaban J connectivity index is 1.56. The molecule has 0 aliphatic rings. The molecule has 136 valence electrons. The molecular formula is C21H20FN5. The van der Waals surface area contributed by atoms with Crippen LogP contribution in [0.3, 0.4) is 0 Å². The van der Waals surface area contributed by atoms with E-state index in [0.29, 0.717) is 17.8 Å². The van der Waals surface area contributed by atoms with Gasteiger partial charge in [0, 0.05) is 49.9 Å². The molecule has 2 aromatic carbocycles. The Kier molecular flexibility index (Phi) is 4.64. The van der Waals surface area contributed by atoms with Crippen molar-refractivity contribution >= 4 is 11.0 Å². The first kappa shape index (κ1) is 17.3. The lowest BCUT2D eigenvalue weighted by Gasteiger charge is -2.17. The van der Waals surface area contributed by atoms with Crippen LogP contribution in [0.4, 0.5) is 4.39 Å². The minimum Gasteiger partial charge on any atom is -0.298 e. The molecule has 5 nitrogen and oxygen atoms in total. The van der Waals surface area contributed by atoms with Crippen molar-refractivity contribution < 1.29 is 4.39 Å². The molecule has 0 spiro atoms. The fourth-order valence-corrected chi connectivity index (χ4v) is 3.30. The molecule has 0 radical (unpaired) electrons. The van der Waals surface area contributed by atoms with Gasteiger partial charge in [0.15, 0.2) is 0 Å². The van der Waals surface area contributed by atoms with Gasteiger partial charge in [-0.05, 0) is 36.9 Å². The van der Waals surface area contributed by atoms with Gasteiger partial charge in [0.25, 0.3) is 0 Å². The Morgan fingerprint density at radius 1 is 1.00 bits per heavy atom. The summed E-state index contributed by atoms with van der Waals surface area (Å²) in [4.78, 5) is 10.8. The van der Waals surface area contributed by atoms with Gasteiger partial charge in [0.1, 0.15) is 5.82 Å². The highest BCUT2D eigenvalue weighted by atomic mass is 19.1. The van der Waals surface area contributed by atoms with Gasteiger partial charge >= 0.3 is 0 Å². The monoisotopic (exact) mass is 361 g/mol. The number of nitrogens with zero attached hydrogens (tertiary/aromatic N) is 5. The van der Waals surface area contributed by atoms with Crippen LogP contribution in [0.15, 0.2) is 61.1 Å². The standard InChI is InChI=1S/C21H20FN5/c1-26(12-15-7-8-19-20(11-15)24-10-9-23-19)13-16-14-27(2)25-21(16)17-5-3-4-6-18(17)22/h3-11,14H,12-13H2,1-2H3. The first-order chi connectivity index (χ1) is 13.1. The summed E-state index contributed by atoms with van der Waals surface area (Å²) < 4.78 is 16.0. The summed E-state index contributed by atoms with van der Waals surface area (Å²) in [5, 5.41) is 4.47. The van der Waals surface area contributed by atoms with E-state index in [-0.39, 0.29) is 5.82 Å². The van der Waals surface area contributed by atoms with Crippen molar-refractivity contribution in [3.05, 3.63) is 78.0 Å². The lowest BCUT2D eigenvalue weighted by molar-refractivity contribution is 0.319. The van der Waals surface area contributed by atoms with Crippen LogP contribution in [-0.4, -0.2) is 31.7 Å². The number of fused-ring (bicyclic) bond motifs is 1. The number of hydrogen-bond acceptors (Lipinski definition) is 4. The summed E-state index contributed by atoms with van der Waals surface area (Å²) in [6, 6.07) is 12.9. The van der Waals surface area contributed by atoms with E-state index in [1.165, 1.54) is 6.07 Å². The van der Waals surface area contributed by atoms with E-state index < -0.39 is 0 Å². The SMILES string of the molecule is CN(Cc1ccc2nccnc2c1)Cc1cn(C)nc1-c1ccccc1F. The Morgan fingerprint density at radius 3 is 2.59 bits per heavy atom. The summed E-state index contributed by atoms with van der Waals surface area (Å²) in [5.74, 6) is -0.256. The van der Waals surface area contributed by atoms with Crippen LogP contribution in [0.25, 0.3) is 22.3 Å². The third-order valence-electron chi connectivity index (χ3n) is 4.46. The van der Waals surface area contributed by atoms with Gasteiger partial charge in [0.2, 0.25) is 0 Å². The maximum atomic E-state index is 14.2. The second kappa shape index (κ2) is 7.25. The number of aryl methyl sites for hydroxylation is 1. The Hall–Kier alpha value is -3.12. The molecule has 0 N–H and O–H groups in total. The van der Waals surface area contributed by atoms with Crippen molar-refractivity contribution in [3.8, 4) is 11.3 Å². The summed E-state index contributed by atoms with van der Waals surface area (Å²) in [5.41, 5.74) is 5.14. The van der Waals surface area contributed by atoms with Crippen LogP contribution < -0.4 is 0 Å². The van der Waals surface area contributed by atoms with E-state index in [2.05, 4.69) is 32.1 Å². The maximum absolute atomic E-state index is 14.2. The fraction of sp³-hybridized carbons (Fsp3) is 0.190. The average Bonchev–Trinajstić information content (AvgIpc) is 3.01. The van der Waals surface area contributed by atoms with Crippen molar-refractivity contribution in [2.45, 2.75) is 13.1 Å². The van der Waals surface area contributed by atoms with Crippen LogP contribution in [0.2, 0.25) is 0 Å². The summed E-state index contributed by atoms with van der Waals surface area (Å²) >= 11 is 0. The highest BCUT2D eigenvalue weighted by molar-refractivity contribution is 5.74. The number of hydrogen-bond donors (Lipinski definition) is 0. The van der Waals surface area contributed by atoms with E-state index in [1.54, 1.807) is 29.2 Å². The number of benzene rings is 2. The summed E-state index contributed by atoms with van der Waals surface area (Å²) in [6.07, 6.45) is 5.34.